The van der Waals surface area contributed by atoms with Crippen molar-refractivity contribution in [1.82, 2.24) is 20.0 Å². The van der Waals surface area contributed by atoms with Crippen LogP contribution in [0.25, 0.3) is 11.3 Å². The molecule has 0 spiro atoms. The number of carbonyl (C=O) groups is 2. The smallest absolute Gasteiger partial charge is 0.228 e. The zero-order valence-electron chi connectivity index (χ0n) is 18.1. The number of aryl methyl sites for hydroxylation is 2. The molecule has 3 aliphatic carbocycles. The van der Waals surface area contributed by atoms with Crippen molar-refractivity contribution in [1.29, 1.82) is 0 Å². The second kappa shape index (κ2) is 8.00. The van der Waals surface area contributed by atoms with Crippen LogP contribution in [0.1, 0.15) is 41.7 Å². The fraction of sp³-hybridized carbons (Fsp3) is 0.417. The number of anilines is 1. The van der Waals surface area contributed by atoms with Crippen LogP contribution in [0.15, 0.2) is 36.7 Å². The van der Waals surface area contributed by atoms with Gasteiger partial charge in [0.25, 0.3) is 0 Å². The third-order valence-electron chi connectivity index (χ3n) is 7.14. The van der Waals surface area contributed by atoms with E-state index in [-0.39, 0.29) is 29.1 Å². The summed E-state index contributed by atoms with van der Waals surface area (Å²) < 4.78 is 16.7. The number of aromatic amines is 1. The Morgan fingerprint density at radius 3 is 2.44 bits per heavy atom. The summed E-state index contributed by atoms with van der Waals surface area (Å²) in [6.45, 7) is 1.84. The second-order valence-corrected chi connectivity index (χ2v) is 9.05. The molecule has 0 unspecified atom stereocenters. The predicted octanol–water partition coefficient (Wildman–Crippen LogP) is 4.13. The van der Waals surface area contributed by atoms with E-state index in [1.165, 1.54) is 12.1 Å². The third-order valence-corrected chi connectivity index (χ3v) is 7.14. The van der Waals surface area contributed by atoms with E-state index in [0.29, 0.717) is 16.9 Å². The van der Waals surface area contributed by atoms with Gasteiger partial charge in [0, 0.05) is 30.9 Å². The lowest BCUT2D eigenvalue weighted by Gasteiger charge is -2.47. The van der Waals surface area contributed by atoms with Crippen LogP contribution in [0, 0.1) is 36.4 Å². The maximum atomic E-state index is 15.1. The molecule has 3 fully saturated rings. The van der Waals surface area contributed by atoms with Crippen LogP contribution < -0.4 is 5.32 Å². The number of rotatable bonds is 5. The van der Waals surface area contributed by atoms with Crippen LogP contribution in [0.5, 0.6) is 0 Å². The summed E-state index contributed by atoms with van der Waals surface area (Å²) >= 11 is 0. The lowest BCUT2D eigenvalue weighted by molar-refractivity contribution is -0.127. The van der Waals surface area contributed by atoms with Gasteiger partial charge in [-0.25, -0.2) is 4.39 Å². The lowest BCUT2D eigenvalue weighted by atomic mass is 9.56. The molecule has 8 heteroatoms. The number of halogens is 1. The van der Waals surface area contributed by atoms with Crippen molar-refractivity contribution in [3.8, 4) is 11.3 Å². The van der Waals surface area contributed by atoms with Gasteiger partial charge in [-0.15, -0.1) is 0 Å². The highest BCUT2D eigenvalue weighted by Gasteiger charge is 2.50. The molecule has 3 saturated carbocycles. The monoisotopic (exact) mass is 435 g/mol. The number of amides is 1. The van der Waals surface area contributed by atoms with Gasteiger partial charge in [-0.3, -0.25) is 19.4 Å². The van der Waals surface area contributed by atoms with Gasteiger partial charge in [-0.1, -0.05) is 6.07 Å². The molecule has 6 rings (SSSR count). The van der Waals surface area contributed by atoms with Gasteiger partial charge in [0.15, 0.2) is 5.78 Å². The fourth-order valence-corrected chi connectivity index (χ4v) is 5.62. The number of benzene rings is 1. The van der Waals surface area contributed by atoms with Gasteiger partial charge in [0.2, 0.25) is 5.91 Å². The van der Waals surface area contributed by atoms with Gasteiger partial charge in [-0.2, -0.15) is 10.2 Å². The van der Waals surface area contributed by atoms with Gasteiger partial charge < -0.3 is 5.32 Å². The molecule has 2 atom stereocenters. The summed E-state index contributed by atoms with van der Waals surface area (Å²) in [6.07, 6.45) is 7.03. The highest BCUT2D eigenvalue weighted by molar-refractivity contribution is 6.03. The summed E-state index contributed by atoms with van der Waals surface area (Å²) in [7, 11) is 1.80. The van der Waals surface area contributed by atoms with Gasteiger partial charge in [0.1, 0.15) is 5.82 Å². The SMILES string of the molecule is Cc1nn(C)cc1NC(=O)[C@@H]1C2CCC(CC2)[C@H]1C(=O)c1ccc(-c2ccn[nH]2)cc1F. The van der Waals surface area contributed by atoms with Crippen molar-refractivity contribution in [3.63, 3.8) is 0 Å². The topological polar surface area (TPSA) is 92.7 Å². The number of nitrogens with zero attached hydrogens (tertiary/aromatic N) is 3. The summed E-state index contributed by atoms with van der Waals surface area (Å²) in [6, 6.07) is 6.36. The van der Waals surface area contributed by atoms with Crippen molar-refractivity contribution in [2.45, 2.75) is 32.6 Å². The Balaban J connectivity index is 1.44. The Morgan fingerprint density at radius 2 is 1.84 bits per heavy atom. The van der Waals surface area contributed by atoms with Crippen LogP contribution in [0.3, 0.4) is 0 Å². The van der Waals surface area contributed by atoms with E-state index in [2.05, 4.69) is 20.6 Å². The second-order valence-electron chi connectivity index (χ2n) is 9.05. The molecule has 7 nitrogen and oxygen atoms in total. The Labute approximate surface area is 185 Å². The van der Waals surface area contributed by atoms with E-state index in [0.717, 1.165) is 31.4 Å². The highest BCUT2D eigenvalue weighted by Crippen LogP contribution is 2.50. The Morgan fingerprint density at radius 1 is 1.12 bits per heavy atom. The van der Waals surface area contributed by atoms with E-state index in [4.69, 9.17) is 0 Å². The van der Waals surface area contributed by atoms with E-state index in [1.807, 2.05) is 6.92 Å². The van der Waals surface area contributed by atoms with Crippen molar-refractivity contribution in [3.05, 3.63) is 53.7 Å². The number of Topliss-reactive ketones (excluding diaryl/α,β-unsaturated/α-hetero) is 1. The van der Waals surface area contributed by atoms with Crippen LogP contribution in [0.4, 0.5) is 10.1 Å². The molecule has 0 saturated heterocycles. The molecule has 32 heavy (non-hydrogen) atoms. The fourth-order valence-electron chi connectivity index (χ4n) is 5.62. The molecule has 1 aromatic carbocycles. The largest absolute Gasteiger partial charge is 0.323 e. The molecular formula is C24H26FN5O2. The average Bonchev–Trinajstić information content (AvgIpc) is 3.43. The van der Waals surface area contributed by atoms with Gasteiger partial charge >= 0.3 is 0 Å². The minimum absolute atomic E-state index is 0.0566. The zero-order valence-corrected chi connectivity index (χ0v) is 18.1. The standard InChI is InChI=1S/C24H26FN5O2/c1-13-20(12-30(2)29-13)27-24(32)22-15-5-3-14(4-6-15)21(22)23(31)17-8-7-16(11-18(17)25)19-9-10-26-28-19/h7-12,14-15,21-22H,3-6H2,1-2H3,(H,26,28)(H,27,32)/t14?,15?,21-,22-/m1/s1. The lowest BCUT2D eigenvalue weighted by Crippen LogP contribution is -2.49. The minimum Gasteiger partial charge on any atom is -0.323 e. The highest BCUT2D eigenvalue weighted by atomic mass is 19.1. The Bertz CT molecular complexity index is 1160. The predicted molar refractivity (Wildman–Crippen MR) is 117 cm³/mol. The van der Waals surface area contributed by atoms with Crippen molar-refractivity contribution >= 4 is 17.4 Å². The summed E-state index contributed by atoms with van der Waals surface area (Å²) in [5.74, 6) is -1.72. The first-order valence-corrected chi connectivity index (χ1v) is 11.1. The third kappa shape index (κ3) is 3.53. The zero-order chi connectivity index (χ0) is 22.4. The maximum absolute atomic E-state index is 15.1. The molecular weight excluding hydrogens is 409 g/mol. The number of hydrogen-bond donors (Lipinski definition) is 2. The van der Waals surface area contributed by atoms with Crippen molar-refractivity contribution < 1.29 is 14.0 Å². The number of nitrogens with one attached hydrogen (secondary N) is 2. The molecule has 166 valence electrons. The first-order chi connectivity index (χ1) is 15.4. The van der Waals surface area contributed by atoms with Crippen LogP contribution in [0.2, 0.25) is 0 Å². The van der Waals surface area contributed by atoms with Crippen molar-refractivity contribution in [2.24, 2.45) is 30.7 Å². The number of carbonyl (C=O) groups excluding carboxylic acids is 2. The number of aromatic nitrogens is 4. The Kier molecular flexibility index (Phi) is 5.15. The van der Waals surface area contributed by atoms with Crippen LogP contribution in [-0.4, -0.2) is 31.7 Å². The van der Waals surface area contributed by atoms with Crippen molar-refractivity contribution in [2.75, 3.05) is 5.32 Å². The molecule has 3 aliphatic rings. The normalized spacial score (nSPS) is 24.5. The molecule has 0 aliphatic heterocycles. The molecule has 2 heterocycles. The Hall–Kier alpha value is -3.29. The first kappa shape index (κ1) is 20.6. The van der Waals surface area contributed by atoms with Crippen LogP contribution in [-0.2, 0) is 11.8 Å². The summed E-state index contributed by atoms with van der Waals surface area (Å²) in [4.78, 5) is 26.9. The number of H-pyrrole nitrogens is 1. The van der Waals surface area contributed by atoms with E-state index in [1.54, 1.807) is 36.3 Å². The quantitative estimate of drug-likeness (QED) is 0.590. The molecule has 0 radical (unpaired) electrons. The number of fused-ring (bicyclic) bond motifs is 3. The molecule has 2 bridgehead atoms. The van der Waals surface area contributed by atoms with E-state index in [9.17, 15) is 9.59 Å². The molecule has 3 aromatic rings. The molecule has 2 aromatic heterocycles. The molecule has 2 N–H and O–H groups in total. The summed E-state index contributed by atoms with van der Waals surface area (Å²) in [5.41, 5.74) is 2.75. The van der Waals surface area contributed by atoms with Crippen LogP contribution >= 0.6 is 0 Å². The van der Waals surface area contributed by atoms with Gasteiger partial charge in [-0.05, 0) is 62.6 Å². The van der Waals surface area contributed by atoms with Gasteiger partial charge in [0.05, 0.1) is 28.6 Å². The number of ketones is 1. The van der Waals surface area contributed by atoms with E-state index >= 15 is 4.39 Å². The molecule has 1 amide bonds. The van der Waals surface area contributed by atoms with E-state index < -0.39 is 17.7 Å². The first-order valence-electron chi connectivity index (χ1n) is 11.1. The summed E-state index contributed by atoms with van der Waals surface area (Å²) in [5, 5.41) is 14.0. The number of hydrogen-bond acceptors (Lipinski definition) is 4. The average molecular weight is 436 g/mol. The minimum atomic E-state index is -0.564. The maximum Gasteiger partial charge on any atom is 0.228 e.